The Morgan fingerprint density at radius 1 is 1.35 bits per heavy atom. The monoisotopic (exact) mass is 333 g/mol. The van der Waals surface area contributed by atoms with E-state index in [4.69, 9.17) is 0 Å². The first-order chi connectivity index (χ1) is 11.2. The Morgan fingerprint density at radius 2 is 2.17 bits per heavy atom. The molecule has 6 nitrogen and oxygen atoms in total. The maximum absolute atomic E-state index is 12.0. The van der Waals surface area contributed by atoms with Gasteiger partial charge in [0.15, 0.2) is 0 Å². The average Bonchev–Trinajstić information content (AvgIpc) is 3.10. The average molecular weight is 333 g/mol. The van der Waals surface area contributed by atoms with Gasteiger partial charge in [0, 0.05) is 23.5 Å². The van der Waals surface area contributed by atoms with Crippen molar-refractivity contribution in [2.45, 2.75) is 13.8 Å². The number of H-pyrrole nitrogens is 1. The van der Waals surface area contributed by atoms with E-state index in [0.29, 0.717) is 5.75 Å². The molecule has 0 saturated carbocycles. The minimum atomic E-state index is 0.0202. The standard InChI is InChI=1S/C16H23N5OS/c1-3-21(4-2)8-9-23-12-16(22)18-14-7-5-6-13(10-14)15-11-17-20-19-15/h5-7,10-11H,3-4,8-9,12H2,1-2H3,(H,18,22)(H,17,19,20). The van der Waals surface area contributed by atoms with Gasteiger partial charge in [-0.3, -0.25) is 4.79 Å². The summed E-state index contributed by atoms with van der Waals surface area (Å²) in [5, 5.41) is 13.4. The summed E-state index contributed by atoms with van der Waals surface area (Å²) >= 11 is 1.66. The van der Waals surface area contributed by atoms with E-state index in [1.54, 1.807) is 18.0 Å². The molecule has 1 amide bonds. The van der Waals surface area contributed by atoms with Gasteiger partial charge in [0.05, 0.1) is 11.9 Å². The lowest BCUT2D eigenvalue weighted by atomic mass is 10.1. The second-order valence-corrected chi connectivity index (χ2v) is 6.17. The fraction of sp³-hybridized carbons (Fsp3) is 0.438. The summed E-state index contributed by atoms with van der Waals surface area (Å²) in [4.78, 5) is 14.4. The molecule has 0 radical (unpaired) electrons. The number of anilines is 1. The summed E-state index contributed by atoms with van der Waals surface area (Å²) in [5.74, 6) is 1.45. The molecule has 2 N–H and O–H groups in total. The molecular formula is C16H23N5OS. The number of thioether (sulfide) groups is 1. The van der Waals surface area contributed by atoms with E-state index in [-0.39, 0.29) is 5.91 Å². The minimum absolute atomic E-state index is 0.0202. The molecule has 2 rings (SSSR count). The van der Waals surface area contributed by atoms with Crippen LogP contribution in [0.2, 0.25) is 0 Å². The zero-order chi connectivity index (χ0) is 16.5. The molecule has 2 aromatic rings. The van der Waals surface area contributed by atoms with Crippen molar-refractivity contribution in [3.63, 3.8) is 0 Å². The minimum Gasteiger partial charge on any atom is -0.325 e. The van der Waals surface area contributed by atoms with Gasteiger partial charge in [0.25, 0.3) is 0 Å². The first-order valence-electron chi connectivity index (χ1n) is 7.79. The van der Waals surface area contributed by atoms with Gasteiger partial charge >= 0.3 is 0 Å². The quantitative estimate of drug-likeness (QED) is 0.690. The number of carbonyl (C=O) groups excluding carboxylic acids is 1. The fourth-order valence-electron chi connectivity index (χ4n) is 2.19. The Bertz CT molecular complexity index is 598. The predicted octanol–water partition coefficient (Wildman–Crippen LogP) is 2.49. The van der Waals surface area contributed by atoms with Crippen LogP contribution in [-0.2, 0) is 4.79 Å². The van der Waals surface area contributed by atoms with Crippen LogP contribution >= 0.6 is 11.8 Å². The second kappa shape index (κ2) is 9.32. The van der Waals surface area contributed by atoms with Crippen LogP contribution in [0.25, 0.3) is 11.3 Å². The van der Waals surface area contributed by atoms with E-state index in [0.717, 1.165) is 42.3 Å². The van der Waals surface area contributed by atoms with Crippen LogP contribution in [0.1, 0.15) is 13.8 Å². The molecular weight excluding hydrogens is 310 g/mol. The molecule has 1 aromatic carbocycles. The van der Waals surface area contributed by atoms with Crippen LogP contribution < -0.4 is 5.32 Å². The SMILES string of the molecule is CCN(CC)CCSCC(=O)Nc1cccc(-c2cn[nH]n2)c1. The predicted molar refractivity (Wildman–Crippen MR) is 95.6 cm³/mol. The van der Waals surface area contributed by atoms with E-state index in [2.05, 4.69) is 39.5 Å². The van der Waals surface area contributed by atoms with Crippen molar-refractivity contribution >= 4 is 23.4 Å². The molecule has 23 heavy (non-hydrogen) atoms. The Labute approximate surface area is 141 Å². The highest BCUT2D eigenvalue weighted by Crippen LogP contribution is 2.19. The van der Waals surface area contributed by atoms with Gasteiger partial charge < -0.3 is 10.2 Å². The van der Waals surface area contributed by atoms with Crippen molar-refractivity contribution in [1.29, 1.82) is 0 Å². The lowest BCUT2D eigenvalue weighted by Gasteiger charge is -2.17. The fourth-order valence-corrected chi connectivity index (χ4v) is 2.98. The highest BCUT2D eigenvalue weighted by Gasteiger charge is 2.06. The van der Waals surface area contributed by atoms with Gasteiger partial charge in [-0.15, -0.1) is 0 Å². The van der Waals surface area contributed by atoms with Crippen molar-refractivity contribution in [2.75, 3.05) is 36.5 Å². The summed E-state index contributed by atoms with van der Waals surface area (Å²) in [5.41, 5.74) is 2.46. The first kappa shape index (κ1) is 17.5. The Balaban J connectivity index is 1.78. The third-order valence-electron chi connectivity index (χ3n) is 3.54. The van der Waals surface area contributed by atoms with Crippen LogP contribution in [0.3, 0.4) is 0 Å². The van der Waals surface area contributed by atoms with E-state index in [1.165, 1.54) is 0 Å². The second-order valence-electron chi connectivity index (χ2n) is 5.06. The van der Waals surface area contributed by atoms with Gasteiger partial charge in [0.1, 0.15) is 5.69 Å². The molecule has 0 aliphatic rings. The Morgan fingerprint density at radius 3 is 2.87 bits per heavy atom. The number of aromatic amines is 1. The van der Waals surface area contributed by atoms with Gasteiger partial charge in [-0.2, -0.15) is 27.2 Å². The third-order valence-corrected chi connectivity index (χ3v) is 4.47. The molecule has 0 bridgehead atoms. The van der Waals surface area contributed by atoms with Gasteiger partial charge in [-0.05, 0) is 25.2 Å². The van der Waals surface area contributed by atoms with E-state index < -0.39 is 0 Å². The number of hydrogen-bond donors (Lipinski definition) is 2. The summed E-state index contributed by atoms with van der Waals surface area (Å²) in [6.07, 6.45) is 1.66. The van der Waals surface area contributed by atoms with Crippen molar-refractivity contribution in [2.24, 2.45) is 0 Å². The number of aromatic nitrogens is 3. The summed E-state index contributed by atoms with van der Waals surface area (Å²) < 4.78 is 0. The molecule has 0 aliphatic heterocycles. The molecule has 0 atom stereocenters. The molecule has 0 saturated heterocycles. The largest absolute Gasteiger partial charge is 0.325 e. The number of rotatable bonds is 9. The lowest BCUT2D eigenvalue weighted by Crippen LogP contribution is -2.26. The van der Waals surface area contributed by atoms with Gasteiger partial charge in [-0.25, -0.2) is 0 Å². The normalized spacial score (nSPS) is 10.9. The number of carbonyl (C=O) groups is 1. The smallest absolute Gasteiger partial charge is 0.234 e. The molecule has 1 aromatic heterocycles. The summed E-state index contributed by atoms with van der Waals surface area (Å²) in [6.45, 7) is 7.44. The summed E-state index contributed by atoms with van der Waals surface area (Å²) in [7, 11) is 0. The van der Waals surface area contributed by atoms with Crippen LogP contribution in [0.4, 0.5) is 5.69 Å². The number of nitrogens with one attached hydrogen (secondary N) is 2. The molecule has 1 heterocycles. The van der Waals surface area contributed by atoms with Crippen molar-refractivity contribution in [1.82, 2.24) is 20.3 Å². The van der Waals surface area contributed by atoms with E-state index >= 15 is 0 Å². The van der Waals surface area contributed by atoms with Crippen LogP contribution in [0, 0.1) is 0 Å². The van der Waals surface area contributed by atoms with Crippen molar-refractivity contribution < 1.29 is 4.79 Å². The maximum Gasteiger partial charge on any atom is 0.234 e. The Hall–Kier alpha value is -1.86. The van der Waals surface area contributed by atoms with Gasteiger partial charge in [-0.1, -0.05) is 26.0 Å². The molecule has 124 valence electrons. The molecule has 0 unspecified atom stereocenters. The number of amides is 1. The maximum atomic E-state index is 12.0. The van der Waals surface area contributed by atoms with Crippen LogP contribution in [0.5, 0.6) is 0 Å². The number of hydrogen-bond acceptors (Lipinski definition) is 5. The van der Waals surface area contributed by atoms with Crippen LogP contribution in [-0.4, -0.2) is 57.4 Å². The number of benzene rings is 1. The zero-order valence-corrected chi connectivity index (χ0v) is 14.4. The van der Waals surface area contributed by atoms with E-state index in [1.807, 2.05) is 24.3 Å². The zero-order valence-electron chi connectivity index (χ0n) is 13.6. The molecule has 0 spiro atoms. The lowest BCUT2D eigenvalue weighted by molar-refractivity contribution is -0.113. The molecule has 0 fully saturated rings. The van der Waals surface area contributed by atoms with Crippen molar-refractivity contribution in [3.05, 3.63) is 30.5 Å². The highest BCUT2D eigenvalue weighted by molar-refractivity contribution is 7.99. The third kappa shape index (κ3) is 5.69. The summed E-state index contributed by atoms with van der Waals surface area (Å²) in [6, 6.07) is 7.61. The molecule has 7 heteroatoms. The Kier molecular flexibility index (Phi) is 7.09. The van der Waals surface area contributed by atoms with E-state index in [9.17, 15) is 4.79 Å². The van der Waals surface area contributed by atoms with Gasteiger partial charge in [0.2, 0.25) is 5.91 Å². The first-order valence-corrected chi connectivity index (χ1v) is 8.94. The van der Waals surface area contributed by atoms with Crippen LogP contribution in [0.15, 0.2) is 30.5 Å². The number of nitrogens with zero attached hydrogens (tertiary/aromatic N) is 3. The molecule has 0 aliphatic carbocycles. The van der Waals surface area contributed by atoms with Crippen molar-refractivity contribution in [3.8, 4) is 11.3 Å². The topological polar surface area (TPSA) is 73.9 Å². The highest BCUT2D eigenvalue weighted by atomic mass is 32.2.